The molecule has 0 bridgehead atoms. The predicted molar refractivity (Wildman–Crippen MR) is 72.4 cm³/mol. The molecule has 0 atom stereocenters. The molecule has 1 aromatic carbocycles. The topological polar surface area (TPSA) is 52.6 Å². The van der Waals surface area contributed by atoms with Crippen molar-refractivity contribution in [1.82, 2.24) is 0 Å². The smallest absolute Gasteiger partial charge is 0.344 e. The first-order valence-electron chi connectivity index (χ1n) is 6.59. The number of hydrogen-bond acceptors (Lipinski definition) is 4. The second-order valence-electron chi connectivity index (χ2n) is 4.16. The van der Waals surface area contributed by atoms with Crippen LogP contribution >= 0.6 is 0 Å². The van der Waals surface area contributed by atoms with Gasteiger partial charge in [0, 0.05) is 12.0 Å². The lowest BCUT2D eigenvalue weighted by Crippen LogP contribution is -2.15. The molecule has 0 heterocycles. The second-order valence-corrected chi connectivity index (χ2v) is 4.16. The molecule has 0 N–H and O–H groups in total. The number of rotatable bonds is 8. The fourth-order valence-electron chi connectivity index (χ4n) is 1.46. The maximum atomic E-state index is 11.4. The van der Waals surface area contributed by atoms with Gasteiger partial charge in [-0.25, -0.2) is 4.79 Å². The van der Waals surface area contributed by atoms with Crippen LogP contribution in [0, 0.1) is 0 Å². The number of hydrogen-bond donors (Lipinski definition) is 0. The van der Waals surface area contributed by atoms with Crippen LogP contribution in [0.5, 0.6) is 5.75 Å². The van der Waals surface area contributed by atoms with E-state index in [2.05, 4.69) is 0 Å². The van der Waals surface area contributed by atoms with E-state index in [0.717, 1.165) is 12.8 Å². The molecule has 0 aliphatic heterocycles. The van der Waals surface area contributed by atoms with Crippen LogP contribution in [0.4, 0.5) is 0 Å². The molecule has 0 saturated carbocycles. The minimum Gasteiger partial charge on any atom is -0.482 e. The minimum atomic E-state index is -0.373. The first kappa shape index (κ1) is 15.2. The summed E-state index contributed by atoms with van der Waals surface area (Å²) in [5.41, 5.74) is 0.653. The molecule has 0 aromatic heterocycles. The summed E-state index contributed by atoms with van der Waals surface area (Å²) in [6, 6.07) is 6.76. The number of carbonyl (C=O) groups excluding carboxylic acids is 2. The summed E-state index contributed by atoms with van der Waals surface area (Å²) < 4.78 is 10.2. The summed E-state index contributed by atoms with van der Waals surface area (Å²) in [4.78, 5) is 22.7. The van der Waals surface area contributed by atoms with E-state index in [-0.39, 0.29) is 18.4 Å². The third-order valence-corrected chi connectivity index (χ3v) is 2.62. The zero-order valence-electron chi connectivity index (χ0n) is 11.5. The number of esters is 1. The lowest BCUT2D eigenvalue weighted by Gasteiger charge is -2.07. The zero-order valence-corrected chi connectivity index (χ0v) is 11.5. The molecule has 4 heteroatoms. The van der Waals surface area contributed by atoms with Crippen molar-refractivity contribution in [2.75, 3.05) is 13.2 Å². The Hall–Kier alpha value is -1.84. The number of ketones is 1. The molecule has 104 valence electrons. The van der Waals surface area contributed by atoms with Crippen LogP contribution in [0.1, 0.15) is 43.5 Å². The molecular weight excluding hydrogens is 244 g/mol. The molecule has 0 aliphatic carbocycles. The molecular formula is C15H20O4. The lowest BCUT2D eigenvalue weighted by molar-refractivity contribution is -0.146. The Morgan fingerprint density at radius 2 is 1.79 bits per heavy atom. The molecule has 19 heavy (non-hydrogen) atoms. The lowest BCUT2D eigenvalue weighted by atomic mass is 10.1. The largest absolute Gasteiger partial charge is 0.482 e. The number of carbonyl (C=O) groups is 2. The fourth-order valence-corrected chi connectivity index (χ4v) is 1.46. The van der Waals surface area contributed by atoms with Gasteiger partial charge in [-0.15, -0.1) is 0 Å². The maximum absolute atomic E-state index is 11.4. The van der Waals surface area contributed by atoms with Crippen LogP contribution in [0.25, 0.3) is 0 Å². The van der Waals surface area contributed by atoms with Gasteiger partial charge in [-0.2, -0.15) is 0 Å². The van der Waals surface area contributed by atoms with Crippen molar-refractivity contribution >= 4 is 11.8 Å². The summed E-state index contributed by atoms with van der Waals surface area (Å²) in [6.45, 7) is 4.18. The monoisotopic (exact) mass is 264 g/mol. The van der Waals surface area contributed by atoms with Gasteiger partial charge in [-0.1, -0.05) is 20.3 Å². The van der Waals surface area contributed by atoms with E-state index >= 15 is 0 Å². The summed E-state index contributed by atoms with van der Waals surface area (Å²) in [6.07, 6.45) is 2.32. The van der Waals surface area contributed by atoms with Crippen LogP contribution in [0.15, 0.2) is 24.3 Å². The predicted octanol–water partition coefficient (Wildman–Crippen LogP) is 3.00. The van der Waals surface area contributed by atoms with Crippen molar-refractivity contribution in [2.24, 2.45) is 0 Å². The maximum Gasteiger partial charge on any atom is 0.344 e. The Balaban J connectivity index is 2.37. The molecule has 0 amide bonds. The third-order valence-electron chi connectivity index (χ3n) is 2.62. The Morgan fingerprint density at radius 3 is 2.37 bits per heavy atom. The molecule has 0 spiro atoms. The molecule has 0 fully saturated rings. The van der Waals surface area contributed by atoms with E-state index in [4.69, 9.17) is 9.47 Å². The summed E-state index contributed by atoms with van der Waals surface area (Å²) in [7, 11) is 0. The SMILES string of the molecule is CCCCOC(=O)COc1ccc(C(=O)CC)cc1. The van der Waals surface area contributed by atoms with Gasteiger partial charge in [0.05, 0.1) is 6.61 Å². The highest BCUT2D eigenvalue weighted by Crippen LogP contribution is 2.13. The molecule has 0 unspecified atom stereocenters. The Labute approximate surface area is 113 Å². The van der Waals surface area contributed by atoms with Crippen LogP contribution < -0.4 is 4.74 Å². The highest BCUT2D eigenvalue weighted by molar-refractivity contribution is 5.95. The number of Topliss-reactive ketones (excluding diaryl/α,β-unsaturated/α-hetero) is 1. The van der Waals surface area contributed by atoms with E-state index in [0.29, 0.717) is 24.3 Å². The average Bonchev–Trinajstić information content (AvgIpc) is 2.45. The molecule has 0 radical (unpaired) electrons. The van der Waals surface area contributed by atoms with Crippen LogP contribution in [0.3, 0.4) is 0 Å². The zero-order chi connectivity index (χ0) is 14.1. The summed E-state index contributed by atoms with van der Waals surface area (Å²) in [5, 5.41) is 0. The van der Waals surface area contributed by atoms with Crippen molar-refractivity contribution in [3.63, 3.8) is 0 Å². The van der Waals surface area contributed by atoms with Crippen LogP contribution in [0.2, 0.25) is 0 Å². The van der Waals surface area contributed by atoms with Crippen molar-refractivity contribution in [2.45, 2.75) is 33.1 Å². The Bertz CT molecular complexity index is 409. The summed E-state index contributed by atoms with van der Waals surface area (Å²) >= 11 is 0. The standard InChI is InChI=1S/C15H20O4/c1-3-5-10-18-15(17)11-19-13-8-6-12(7-9-13)14(16)4-2/h6-9H,3-5,10-11H2,1-2H3. The molecule has 1 rings (SSSR count). The quantitative estimate of drug-likeness (QED) is 0.411. The normalized spacial score (nSPS) is 10.0. The van der Waals surface area contributed by atoms with Gasteiger partial charge < -0.3 is 9.47 Å². The van der Waals surface area contributed by atoms with Crippen molar-refractivity contribution in [3.8, 4) is 5.75 Å². The van der Waals surface area contributed by atoms with Gasteiger partial charge in [-0.05, 0) is 30.7 Å². The van der Waals surface area contributed by atoms with Gasteiger partial charge >= 0.3 is 5.97 Å². The Morgan fingerprint density at radius 1 is 1.11 bits per heavy atom. The molecule has 1 aromatic rings. The molecule has 0 aliphatic rings. The average molecular weight is 264 g/mol. The van der Waals surface area contributed by atoms with Crippen molar-refractivity contribution in [1.29, 1.82) is 0 Å². The van der Waals surface area contributed by atoms with E-state index < -0.39 is 0 Å². The van der Waals surface area contributed by atoms with Gasteiger partial charge in [-0.3, -0.25) is 4.79 Å². The third kappa shape index (κ3) is 5.55. The second kappa shape index (κ2) is 8.29. The highest BCUT2D eigenvalue weighted by atomic mass is 16.6. The highest BCUT2D eigenvalue weighted by Gasteiger charge is 2.05. The number of ether oxygens (including phenoxy) is 2. The fraction of sp³-hybridized carbons (Fsp3) is 0.467. The number of unbranched alkanes of at least 4 members (excludes halogenated alkanes) is 1. The van der Waals surface area contributed by atoms with Gasteiger partial charge in [0.2, 0.25) is 0 Å². The van der Waals surface area contributed by atoms with Crippen LogP contribution in [-0.2, 0) is 9.53 Å². The molecule has 4 nitrogen and oxygen atoms in total. The molecule has 0 saturated heterocycles. The van der Waals surface area contributed by atoms with Crippen molar-refractivity contribution in [3.05, 3.63) is 29.8 Å². The van der Waals surface area contributed by atoms with Gasteiger partial charge in [0.25, 0.3) is 0 Å². The first-order valence-corrected chi connectivity index (χ1v) is 6.59. The van der Waals surface area contributed by atoms with E-state index in [1.165, 1.54) is 0 Å². The minimum absolute atomic E-state index is 0.0884. The number of benzene rings is 1. The van der Waals surface area contributed by atoms with Gasteiger partial charge in [0.1, 0.15) is 5.75 Å². The van der Waals surface area contributed by atoms with E-state index in [1.54, 1.807) is 24.3 Å². The van der Waals surface area contributed by atoms with Gasteiger partial charge in [0.15, 0.2) is 12.4 Å². The van der Waals surface area contributed by atoms with Crippen molar-refractivity contribution < 1.29 is 19.1 Å². The first-order chi connectivity index (χ1) is 9.17. The summed E-state index contributed by atoms with van der Waals surface area (Å²) in [5.74, 6) is 0.271. The Kier molecular flexibility index (Phi) is 6.64. The van der Waals surface area contributed by atoms with Crippen LogP contribution in [-0.4, -0.2) is 25.0 Å². The van der Waals surface area contributed by atoms with E-state index in [1.807, 2.05) is 13.8 Å². The van der Waals surface area contributed by atoms with E-state index in [9.17, 15) is 9.59 Å².